The van der Waals surface area contributed by atoms with Crippen molar-refractivity contribution in [2.75, 3.05) is 35.7 Å². The van der Waals surface area contributed by atoms with Crippen LogP contribution in [0.1, 0.15) is 5.69 Å². The number of fused-ring (bicyclic) bond motifs is 1. The van der Waals surface area contributed by atoms with Crippen molar-refractivity contribution >= 4 is 40.4 Å². The lowest BCUT2D eigenvalue weighted by Gasteiger charge is -2.28. The molecular formula is C25H22ClFN6O2. The van der Waals surface area contributed by atoms with E-state index in [1.807, 2.05) is 43.4 Å². The number of pyridine rings is 1. The van der Waals surface area contributed by atoms with E-state index in [0.717, 1.165) is 35.6 Å². The number of halogens is 2. The molecule has 5 rings (SSSR count). The Hall–Kier alpha value is -4.11. The molecule has 4 aromatic rings. The van der Waals surface area contributed by atoms with Crippen molar-refractivity contribution in [2.45, 2.75) is 6.61 Å². The quantitative estimate of drug-likeness (QED) is 0.347. The minimum atomic E-state index is -0.597. The van der Waals surface area contributed by atoms with Crippen molar-refractivity contribution < 1.29 is 13.9 Å². The average Bonchev–Trinajstić information content (AvgIpc) is 2.87. The normalized spacial score (nSPS) is 12.5. The average molecular weight is 493 g/mol. The van der Waals surface area contributed by atoms with Crippen molar-refractivity contribution in [3.63, 3.8) is 0 Å². The maximum atomic E-state index is 14.5. The van der Waals surface area contributed by atoms with Crippen LogP contribution in [0.3, 0.4) is 0 Å². The highest BCUT2D eigenvalue weighted by atomic mass is 35.5. The molecule has 178 valence electrons. The van der Waals surface area contributed by atoms with Gasteiger partial charge in [0.05, 0.1) is 29.1 Å². The molecule has 8 nitrogen and oxygen atoms in total. The van der Waals surface area contributed by atoms with Gasteiger partial charge < -0.3 is 25.0 Å². The number of likely N-dealkylation sites (N-methyl/N-ethyl adjacent to an activating group) is 1. The maximum Gasteiger partial charge on any atom is 0.229 e. The van der Waals surface area contributed by atoms with E-state index in [4.69, 9.17) is 21.1 Å². The molecule has 0 saturated carbocycles. The molecule has 0 amide bonds. The molecule has 10 heteroatoms. The van der Waals surface area contributed by atoms with Gasteiger partial charge in [0.1, 0.15) is 24.7 Å². The van der Waals surface area contributed by atoms with E-state index in [2.05, 4.69) is 30.5 Å². The van der Waals surface area contributed by atoms with Gasteiger partial charge in [-0.25, -0.2) is 9.37 Å². The highest BCUT2D eigenvalue weighted by molar-refractivity contribution is 6.32. The van der Waals surface area contributed by atoms with Gasteiger partial charge in [-0.1, -0.05) is 17.7 Å². The molecule has 0 radical (unpaired) electrons. The predicted octanol–water partition coefficient (Wildman–Crippen LogP) is 5.56. The molecule has 0 atom stereocenters. The number of ether oxygens (including phenoxy) is 2. The van der Waals surface area contributed by atoms with E-state index in [1.54, 1.807) is 24.4 Å². The summed E-state index contributed by atoms with van der Waals surface area (Å²) in [5.41, 5.74) is 3.06. The number of aromatic nitrogens is 3. The van der Waals surface area contributed by atoms with Gasteiger partial charge in [0.25, 0.3) is 0 Å². The van der Waals surface area contributed by atoms with Gasteiger partial charge in [0, 0.05) is 24.6 Å². The highest BCUT2D eigenvalue weighted by Crippen LogP contribution is 2.34. The van der Waals surface area contributed by atoms with E-state index in [-0.39, 0.29) is 18.4 Å². The Bertz CT molecular complexity index is 1340. The summed E-state index contributed by atoms with van der Waals surface area (Å²) in [5.74, 6) is 0.972. The number of nitrogens with zero attached hydrogens (tertiary/aromatic N) is 4. The second-order valence-electron chi connectivity index (χ2n) is 7.85. The maximum absolute atomic E-state index is 14.5. The van der Waals surface area contributed by atoms with Gasteiger partial charge in [-0.15, -0.1) is 0 Å². The second kappa shape index (κ2) is 10.0. The van der Waals surface area contributed by atoms with Gasteiger partial charge in [-0.2, -0.15) is 4.98 Å². The summed E-state index contributed by atoms with van der Waals surface area (Å²) in [6, 6.07) is 16.4. The summed E-state index contributed by atoms with van der Waals surface area (Å²) in [7, 11) is 2.00. The highest BCUT2D eigenvalue weighted by Gasteiger charge is 2.16. The van der Waals surface area contributed by atoms with E-state index in [9.17, 15) is 4.39 Å². The van der Waals surface area contributed by atoms with Crippen molar-refractivity contribution in [2.24, 2.45) is 0 Å². The van der Waals surface area contributed by atoms with Crippen LogP contribution in [0.2, 0.25) is 5.02 Å². The van der Waals surface area contributed by atoms with Crippen LogP contribution < -0.4 is 25.0 Å². The molecule has 0 spiro atoms. The van der Waals surface area contributed by atoms with Crippen molar-refractivity contribution in [1.82, 2.24) is 15.0 Å². The lowest BCUT2D eigenvalue weighted by molar-refractivity contribution is 0.301. The Labute approximate surface area is 206 Å². The first-order chi connectivity index (χ1) is 17.0. The largest absolute Gasteiger partial charge is 0.490 e. The summed E-state index contributed by atoms with van der Waals surface area (Å²) in [6.45, 7) is 1.73. The van der Waals surface area contributed by atoms with E-state index >= 15 is 0 Å². The standard InChI is InChI=1S/C25H22ClFN6O2/c1-33-10-11-34-23-8-6-17(13-21(23)33)31-25-29-14-20(27)24(32-25)30-16-5-7-22(19(26)12-16)35-15-18-4-2-3-9-28-18/h2-9,12-14H,10-11,15H2,1H3,(H2,29,30,31,32). The van der Waals surface area contributed by atoms with Crippen LogP contribution in [-0.4, -0.2) is 35.2 Å². The monoisotopic (exact) mass is 492 g/mol. The van der Waals surface area contributed by atoms with Crippen LogP contribution in [0.15, 0.2) is 67.0 Å². The van der Waals surface area contributed by atoms with Crippen molar-refractivity contribution in [3.05, 3.63) is 83.5 Å². The Morgan fingerprint density at radius 1 is 1.09 bits per heavy atom. The van der Waals surface area contributed by atoms with Crippen molar-refractivity contribution in [3.8, 4) is 11.5 Å². The van der Waals surface area contributed by atoms with Gasteiger partial charge in [0.15, 0.2) is 11.6 Å². The van der Waals surface area contributed by atoms with E-state index < -0.39 is 5.82 Å². The Balaban J connectivity index is 1.28. The van der Waals surface area contributed by atoms with E-state index in [0.29, 0.717) is 23.1 Å². The SMILES string of the molecule is CN1CCOc2ccc(Nc3ncc(F)c(Nc4ccc(OCc5ccccn5)c(Cl)c4)n3)cc21. The summed E-state index contributed by atoms with van der Waals surface area (Å²) >= 11 is 6.37. The fourth-order valence-corrected chi connectivity index (χ4v) is 3.78. The topological polar surface area (TPSA) is 84.4 Å². The first-order valence-corrected chi connectivity index (χ1v) is 11.3. The zero-order valence-electron chi connectivity index (χ0n) is 18.8. The molecule has 35 heavy (non-hydrogen) atoms. The number of hydrogen-bond donors (Lipinski definition) is 2. The third kappa shape index (κ3) is 5.36. The minimum Gasteiger partial charge on any atom is -0.490 e. The van der Waals surface area contributed by atoms with E-state index in [1.165, 1.54) is 0 Å². The number of rotatable bonds is 7. The first kappa shape index (κ1) is 22.7. The molecular weight excluding hydrogens is 471 g/mol. The Kier molecular flexibility index (Phi) is 6.49. The molecule has 0 fully saturated rings. The Morgan fingerprint density at radius 2 is 1.94 bits per heavy atom. The molecule has 2 aromatic carbocycles. The van der Waals surface area contributed by atoms with Crippen LogP contribution >= 0.6 is 11.6 Å². The minimum absolute atomic E-state index is 0.0131. The number of benzene rings is 2. The molecule has 3 heterocycles. The zero-order chi connectivity index (χ0) is 24.2. The molecule has 2 aromatic heterocycles. The summed E-state index contributed by atoms with van der Waals surface area (Å²) in [5, 5.41) is 6.44. The van der Waals surface area contributed by atoms with Gasteiger partial charge in [-0.05, 0) is 48.5 Å². The molecule has 2 N–H and O–H groups in total. The summed E-state index contributed by atoms with van der Waals surface area (Å²) in [4.78, 5) is 14.7. The smallest absolute Gasteiger partial charge is 0.229 e. The summed E-state index contributed by atoms with van der Waals surface area (Å²) in [6.07, 6.45) is 2.81. The van der Waals surface area contributed by atoms with Gasteiger partial charge >= 0.3 is 0 Å². The third-order valence-electron chi connectivity index (χ3n) is 5.35. The molecule has 1 aliphatic rings. The van der Waals surface area contributed by atoms with Crippen LogP contribution in [-0.2, 0) is 6.61 Å². The van der Waals surface area contributed by atoms with Crippen LogP contribution in [0.5, 0.6) is 11.5 Å². The van der Waals surface area contributed by atoms with Gasteiger partial charge in [-0.3, -0.25) is 4.98 Å². The molecule has 0 bridgehead atoms. The van der Waals surface area contributed by atoms with Gasteiger partial charge in [0.2, 0.25) is 5.95 Å². The van der Waals surface area contributed by atoms with Crippen molar-refractivity contribution in [1.29, 1.82) is 0 Å². The predicted molar refractivity (Wildman–Crippen MR) is 134 cm³/mol. The zero-order valence-corrected chi connectivity index (χ0v) is 19.6. The molecule has 1 aliphatic heterocycles. The third-order valence-corrected chi connectivity index (χ3v) is 5.65. The number of hydrogen-bond acceptors (Lipinski definition) is 8. The van der Waals surface area contributed by atoms with Crippen LogP contribution in [0.25, 0.3) is 0 Å². The summed E-state index contributed by atoms with van der Waals surface area (Å²) < 4.78 is 25.9. The fourth-order valence-electron chi connectivity index (χ4n) is 3.54. The number of anilines is 5. The first-order valence-electron chi connectivity index (χ1n) is 10.9. The van der Waals surface area contributed by atoms with Crippen LogP contribution in [0.4, 0.5) is 33.2 Å². The fraction of sp³-hybridized carbons (Fsp3) is 0.160. The number of nitrogens with one attached hydrogen (secondary N) is 2. The lowest BCUT2D eigenvalue weighted by atomic mass is 10.2. The second-order valence-corrected chi connectivity index (χ2v) is 8.25. The molecule has 0 unspecified atom stereocenters. The Morgan fingerprint density at radius 3 is 2.77 bits per heavy atom. The molecule has 0 aliphatic carbocycles. The lowest BCUT2D eigenvalue weighted by Crippen LogP contribution is -2.28. The van der Waals surface area contributed by atoms with Crippen LogP contribution in [0, 0.1) is 5.82 Å². The molecule has 0 saturated heterocycles.